The second-order valence-electron chi connectivity index (χ2n) is 4.99. The predicted octanol–water partition coefficient (Wildman–Crippen LogP) is 1.52. The molecule has 1 fully saturated rings. The van der Waals surface area contributed by atoms with Crippen LogP contribution in [0.4, 0.5) is 17.5 Å². The molecule has 19 heavy (non-hydrogen) atoms. The number of nitro groups is 1. The number of anilines is 2. The van der Waals surface area contributed by atoms with Gasteiger partial charge in [0, 0.05) is 6.04 Å². The number of nitrogen functional groups attached to an aromatic ring is 1. The molecular weight excluding hydrogens is 248 g/mol. The molecule has 8 nitrogen and oxygen atoms in total. The van der Waals surface area contributed by atoms with Crippen molar-refractivity contribution in [1.29, 1.82) is 0 Å². The number of hydrazine groups is 1. The van der Waals surface area contributed by atoms with Gasteiger partial charge in [0.15, 0.2) is 0 Å². The van der Waals surface area contributed by atoms with Gasteiger partial charge >= 0.3 is 5.69 Å². The van der Waals surface area contributed by atoms with E-state index in [1.54, 1.807) is 0 Å². The van der Waals surface area contributed by atoms with Crippen molar-refractivity contribution in [3.63, 3.8) is 0 Å². The Morgan fingerprint density at radius 3 is 2.74 bits per heavy atom. The molecule has 1 aromatic heterocycles. The van der Waals surface area contributed by atoms with Crippen molar-refractivity contribution >= 4 is 17.5 Å². The van der Waals surface area contributed by atoms with E-state index in [1.807, 2.05) is 0 Å². The molecule has 0 aromatic carbocycles. The lowest BCUT2D eigenvalue weighted by Gasteiger charge is -2.20. The standard InChI is InChI=1S/C11H18N6O2/c1-6-3-4-8(7(6)2)14-10-9(17(18)19)5-13-11(15-10)16-12/h5-8H,3-4,12H2,1-2H3,(H2,13,14,15,16). The monoisotopic (exact) mass is 266 g/mol. The lowest BCUT2D eigenvalue weighted by molar-refractivity contribution is -0.384. The van der Waals surface area contributed by atoms with Crippen LogP contribution in [0, 0.1) is 22.0 Å². The van der Waals surface area contributed by atoms with Gasteiger partial charge in [-0.1, -0.05) is 13.8 Å². The van der Waals surface area contributed by atoms with Crippen LogP contribution < -0.4 is 16.6 Å². The highest BCUT2D eigenvalue weighted by molar-refractivity contribution is 5.57. The Morgan fingerprint density at radius 1 is 1.47 bits per heavy atom. The fourth-order valence-electron chi connectivity index (χ4n) is 2.43. The van der Waals surface area contributed by atoms with Gasteiger partial charge in [-0.3, -0.25) is 15.5 Å². The molecule has 3 atom stereocenters. The van der Waals surface area contributed by atoms with Crippen LogP contribution in [0.15, 0.2) is 6.20 Å². The minimum atomic E-state index is -0.494. The van der Waals surface area contributed by atoms with Crippen molar-refractivity contribution in [2.45, 2.75) is 32.7 Å². The first kappa shape index (κ1) is 13.5. The average Bonchev–Trinajstić information content (AvgIpc) is 2.70. The van der Waals surface area contributed by atoms with Crippen LogP contribution in [0.3, 0.4) is 0 Å². The third-order valence-corrected chi connectivity index (χ3v) is 3.88. The summed E-state index contributed by atoms with van der Waals surface area (Å²) in [5.41, 5.74) is 2.16. The summed E-state index contributed by atoms with van der Waals surface area (Å²) in [5.74, 6) is 6.66. The number of hydrogen-bond acceptors (Lipinski definition) is 7. The van der Waals surface area contributed by atoms with Gasteiger partial charge in [-0.15, -0.1) is 0 Å². The Labute approximate surface area is 110 Å². The van der Waals surface area contributed by atoms with E-state index in [4.69, 9.17) is 5.84 Å². The van der Waals surface area contributed by atoms with Gasteiger partial charge in [0.05, 0.1) is 4.92 Å². The van der Waals surface area contributed by atoms with E-state index >= 15 is 0 Å². The Morgan fingerprint density at radius 2 is 2.21 bits per heavy atom. The molecule has 1 aliphatic rings. The van der Waals surface area contributed by atoms with Crippen LogP contribution in [0.1, 0.15) is 26.7 Å². The minimum absolute atomic E-state index is 0.134. The topological polar surface area (TPSA) is 119 Å². The van der Waals surface area contributed by atoms with Crippen molar-refractivity contribution in [1.82, 2.24) is 9.97 Å². The van der Waals surface area contributed by atoms with Gasteiger partial charge < -0.3 is 5.32 Å². The van der Waals surface area contributed by atoms with E-state index in [9.17, 15) is 10.1 Å². The molecule has 0 amide bonds. The third kappa shape index (κ3) is 2.73. The second kappa shape index (κ2) is 5.35. The van der Waals surface area contributed by atoms with Crippen molar-refractivity contribution in [3.05, 3.63) is 16.3 Å². The van der Waals surface area contributed by atoms with Crippen LogP contribution in [0.25, 0.3) is 0 Å². The van der Waals surface area contributed by atoms with Gasteiger partial charge in [-0.2, -0.15) is 4.98 Å². The quantitative estimate of drug-likeness (QED) is 0.429. The highest BCUT2D eigenvalue weighted by Gasteiger charge is 2.31. The summed E-state index contributed by atoms with van der Waals surface area (Å²) < 4.78 is 0. The molecule has 1 saturated carbocycles. The molecule has 4 N–H and O–H groups in total. The van der Waals surface area contributed by atoms with Crippen LogP contribution in [0.2, 0.25) is 0 Å². The van der Waals surface area contributed by atoms with Gasteiger partial charge in [-0.25, -0.2) is 10.8 Å². The zero-order valence-electron chi connectivity index (χ0n) is 11.0. The first-order valence-corrected chi connectivity index (χ1v) is 6.27. The van der Waals surface area contributed by atoms with E-state index in [-0.39, 0.29) is 23.5 Å². The highest BCUT2D eigenvalue weighted by Crippen LogP contribution is 2.34. The molecule has 1 heterocycles. The predicted molar refractivity (Wildman–Crippen MR) is 71.5 cm³/mol. The van der Waals surface area contributed by atoms with Gasteiger partial charge in [-0.05, 0) is 24.7 Å². The second-order valence-corrected chi connectivity index (χ2v) is 4.99. The summed E-state index contributed by atoms with van der Waals surface area (Å²) in [6, 6.07) is 0.189. The van der Waals surface area contributed by atoms with E-state index < -0.39 is 4.92 Å². The fourth-order valence-corrected chi connectivity index (χ4v) is 2.43. The Hall–Kier alpha value is -1.96. The number of nitrogens with two attached hydrogens (primary N) is 1. The molecule has 3 unspecified atom stereocenters. The fraction of sp³-hybridized carbons (Fsp3) is 0.636. The highest BCUT2D eigenvalue weighted by atomic mass is 16.6. The van der Waals surface area contributed by atoms with E-state index in [0.717, 1.165) is 19.0 Å². The summed E-state index contributed by atoms with van der Waals surface area (Å²) >= 11 is 0. The summed E-state index contributed by atoms with van der Waals surface area (Å²) in [6.07, 6.45) is 3.25. The Balaban J connectivity index is 2.25. The average molecular weight is 266 g/mol. The van der Waals surface area contributed by atoms with Crippen molar-refractivity contribution < 1.29 is 4.92 Å². The van der Waals surface area contributed by atoms with Gasteiger partial charge in [0.2, 0.25) is 11.8 Å². The summed E-state index contributed by atoms with van der Waals surface area (Å²) in [6.45, 7) is 4.33. The van der Waals surface area contributed by atoms with Crippen LogP contribution in [0.5, 0.6) is 0 Å². The van der Waals surface area contributed by atoms with Crippen LogP contribution >= 0.6 is 0 Å². The zero-order valence-corrected chi connectivity index (χ0v) is 11.0. The first-order valence-electron chi connectivity index (χ1n) is 6.27. The molecule has 0 aliphatic heterocycles. The maximum absolute atomic E-state index is 11.0. The zero-order chi connectivity index (χ0) is 14.0. The lowest BCUT2D eigenvalue weighted by Crippen LogP contribution is -2.25. The summed E-state index contributed by atoms with van der Waals surface area (Å²) in [5, 5.41) is 14.1. The maximum atomic E-state index is 11.0. The van der Waals surface area contributed by atoms with Crippen LogP contribution in [-0.2, 0) is 0 Å². The third-order valence-electron chi connectivity index (χ3n) is 3.88. The van der Waals surface area contributed by atoms with Crippen molar-refractivity contribution in [2.24, 2.45) is 17.7 Å². The van der Waals surface area contributed by atoms with Gasteiger partial charge in [0.1, 0.15) is 6.20 Å². The number of hydrogen-bond donors (Lipinski definition) is 3. The minimum Gasteiger partial charge on any atom is -0.361 e. The maximum Gasteiger partial charge on any atom is 0.329 e. The summed E-state index contributed by atoms with van der Waals surface area (Å²) in [4.78, 5) is 18.3. The van der Waals surface area contributed by atoms with Crippen molar-refractivity contribution in [2.75, 3.05) is 10.7 Å². The number of aromatic nitrogens is 2. The Kier molecular flexibility index (Phi) is 3.79. The van der Waals surface area contributed by atoms with E-state index in [2.05, 4.69) is 34.6 Å². The molecule has 2 rings (SSSR count). The number of nitrogens with zero attached hydrogens (tertiary/aromatic N) is 3. The first-order chi connectivity index (χ1) is 9.02. The molecule has 0 radical (unpaired) electrons. The SMILES string of the molecule is CC1CCC(Nc2nc(NN)ncc2[N+](=O)[O-])C1C. The molecule has 1 aliphatic carbocycles. The molecule has 104 valence electrons. The number of nitrogens with one attached hydrogen (secondary N) is 2. The normalized spacial score (nSPS) is 26.2. The molecular formula is C11H18N6O2. The smallest absolute Gasteiger partial charge is 0.329 e. The lowest BCUT2D eigenvalue weighted by atomic mass is 9.98. The van der Waals surface area contributed by atoms with Crippen LogP contribution in [-0.4, -0.2) is 20.9 Å². The molecule has 0 bridgehead atoms. The van der Waals surface area contributed by atoms with Crippen molar-refractivity contribution in [3.8, 4) is 0 Å². The largest absolute Gasteiger partial charge is 0.361 e. The molecule has 0 spiro atoms. The Bertz CT molecular complexity index is 480. The van der Waals surface area contributed by atoms with E-state index in [0.29, 0.717) is 11.8 Å². The van der Waals surface area contributed by atoms with Gasteiger partial charge in [0.25, 0.3) is 0 Å². The number of rotatable bonds is 4. The molecule has 0 saturated heterocycles. The van der Waals surface area contributed by atoms with E-state index in [1.165, 1.54) is 0 Å². The molecule has 8 heteroatoms. The summed E-state index contributed by atoms with van der Waals surface area (Å²) in [7, 11) is 0. The molecule has 1 aromatic rings.